The Morgan fingerprint density at radius 1 is 1.17 bits per heavy atom. The quantitative estimate of drug-likeness (QED) is 0.895. The first-order chi connectivity index (χ1) is 8.66. The summed E-state index contributed by atoms with van der Waals surface area (Å²) in [6.07, 6.45) is 0. The molecule has 18 heavy (non-hydrogen) atoms. The summed E-state index contributed by atoms with van der Waals surface area (Å²) in [5.74, 6) is 0.191. The van der Waals surface area contributed by atoms with Crippen molar-refractivity contribution >= 4 is 0 Å². The third kappa shape index (κ3) is 3.08. The molecule has 0 bridgehead atoms. The molecule has 2 nitrogen and oxygen atoms in total. The van der Waals surface area contributed by atoms with E-state index in [-0.39, 0.29) is 11.9 Å². The Morgan fingerprint density at radius 3 is 2.50 bits per heavy atom. The molecule has 1 unspecified atom stereocenters. The van der Waals surface area contributed by atoms with Gasteiger partial charge in [0, 0.05) is 17.7 Å². The van der Waals surface area contributed by atoms with Gasteiger partial charge in [0.15, 0.2) is 0 Å². The zero-order chi connectivity index (χ0) is 13.0. The summed E-state index contributed by atoms with van der Waals surface area (Å²) in [5.41, 5.74) is 7.20. The van der Waals surface area contributed by atoms with Crippen molar-refractivity contribution in [2.45, 2.75) is 19.6 Å². The molecule has 0 radical (unpaired) electrons. The van der Waals surface area contributed by atoms with Crippen LogP contribution >= 0.6 is 0 Å². The second-order valence-electron chi connectivity index (χ2n) is 4.25. The lowest BCUT2D eigenvalue weighted by Gasteiger charge is -2.10. The highest BCUT2D eigenvalue weighted by atomic mass is 19.1. The third-order valence-corrected chi connectivity index (χ3v) is 2.71. The number of hydrogen-bond donors (Lipinski definition) is 1. The van der Waals surface area contributed by atoms with Crippen LogP contribution in [0.5, 0.6) is 5.75 Å². The molecule has 94 valence electrons. The molecule has 0 saturated carbocycles. The zero-order valence-electron chi connectivity index (χ0n) is 10.3. The minimum atomic E-state index is -0.324. The molecule has 1 atom stereocenters. The molecule has 0 saturated heterocycles. The highest BCUT2D eigenvalue weighted by Crippen LogP contribution is 2.21. The number of nitrogens with two attached hydrogens (primary N) is 1. The van der Waals surface area contributed by atoms with E-state index in [1.807, 2.05) is 30.3 Å². The zero-order valence-corrected chi connectivity index (χ0v) is 10.3. The predicted octanol–water partition coefficient (Wildman–Crippen LogP) is 3.42. The third-order valence-electron chi connectivity index (χ3n) is 2.71. The van der Waals surface area contributed by atoms with Gasteiger partial charge in [-0.1, -0.05) is 36.4 Å². The summed E-state index contributed by atoms with van der Waals surface area (Å²) in [6.45, 7) is 2.18. The van der Waals surface area contributed by atoms with Crippen molar-refractivity contribution in [1.29, 1.82) is 0 Å². The molecule has 0 aliphatic heterocycles. The maximum Gasteiger partial charge on any atom is 0.131 e. The lowest BCUT2D eigenvalue weighted by molar-refractivity contribution is 0.304. The van der Waals surface area contributed by atoms with E-state index in [0.717, 1.165) is 5.56 Å². The van der Waals surface area contributed by atoms with Gasteiger partial charge in [-0.25, -0.2) is 4.39 Å². The van der Waals surface area contributed by atoms with E-state index in [9.17, 15) is 4.39 Å². The summed E-state index contributed by atoms with van der Waals surface area (Å²) in [6, 6.07) is 14.2. The van der Waals surface area contributed by atoms with E-state index >= 15 is 0 Å². The molecule has 0 spiro atoms. The van der Waals surface area contributed by atoms with Crippen molar-refractivity contribution < 1.29 is 9.13 Å². The summed E-state index contributed by atoms with van der Waals surface area (Å²) in [7, 11) is 0. The maximum absolute atomic E-state index is 13.7. The Labute approximate surface area is 106 Å². The molecule has 0 aliphatic carbocycles. The van der Waals surface area contributed by atoms with Gasteiger partial charge in [0.25, 0.3) is 0 Å². The van der Waals surface area contributed by atoms with Gasteiger partial charge < -0.3 is 10.5 Å². The molecular weight excluding hydrogens is 229 g/mol. The molecule has 0 aromatic heterocycles. The van der Waals surface area contributed by atoms with Crippen LogP contribution in [0.3, 0.4) is 0 Å². The van der Waals surface area contributed by atoms with Crippen LogP contribution in [0.15, 0.2) is 48.5 Å². The lowest BCUT2D eigenvalue weighted by Crippen LogP contribution is -2.07. The number of halogens is 1. The van der Waals surface area contributed by atoms with Crippen molar-refractivity contribution in [2.24, 2.45) is 5.73 Å². The molecule has 0 amide bonds. The highest BCUT2D eigenvalue weighted by molar-refractivity contribution is 5.30. The Kier molecular flexibility index (Phi) is 3.95. The van der Waals surface area contributed by atoms with Gasteiger partial charge in [-0.3, -0.25) is 0 Å². The van der Waals surface area contributed by atoms with Crippen LogP contribution < -0.4 is 10.5 Å². The standard InChI is InChI=1S/C15H16FNO/c1-11(17)14-8-7-13(9-15(14)16)18-10-12-5-3-2-4-6-12/h2-9,11H,10,17H2,1H3. The smallest absolute Gasteiger partial charge is 0.131 e. The Hall–Kier alpha value is -1.87. The molecule has 0 aliphatic rings. The fourth-order valence-electron chi connectivity index (χ4n) is 1.71. The summed E-state index contributed by atoms with van der Waals surface area (Å²) < 4.78 is 19.2. The highest BCUT2D eigenvalue weighted by Gasteiger charge is 2.08. The van der Waals surface area contributed by atoms with E-state index in [2.05, 4.69) is 0 Å². The van der Waals surface area contributed by atoms with Crippen LogP contribution in [0.2, 0.25) is 0 Å². The van der Waals surface area contributed by atoms with E-state index in [0.29, 0.717) is 17.9 Å². The minimum Gasteiger partial charge on any atom is -0.489 e. The van der Waals surface area contributed by atoms with Crippen molar-refractivity contribution in [1.82, 2.24) is 0 Å². The van der Waals surface area contributed by atoms with Crippen LogP contribution in [0, 0.1) is 5.82 Å². The first kappa shape index (κ1) is 12.6. The van der Waals surface area contributed by atoms with Crippen LogP contribution in [-0.2, 0) is 6.61 Å². The average Bonchev–Trinajstić information content (AvgIpc) is 2.37. The predicted molar refractivity (Wildman–Crippen MR) is 69.8 cm³/mol. The largest absolute Gasteiger partial charge is 0.489 e. The first-order valence-corrected chi connectivity index (χ1v) is 5.88. The van der Waals surface area contributed by atoms with Gasteiger partial charge in [0.1, 0.15) is 18.2 Å². The van der Waals surface area contributed by atoms with Crippen LogP contribution in [0.25, 0.3) is 0 Å². The minimum absolute atomic E-state index is 0.312. The lowest BCUT2D eigenvalue weighted by atomic mass is 10.1. The second-order valence-corrected chi connectivity index (χ2v) is 4.25. The van der Waals surface area contributed by atoms with E-state index < -0.39 is 0 Å². The Bertz CT molecular complexity index is 511. The first-order valence-electron chi connectivity index (χ1n) is 5.88. The van der Waals surface area contributed by atoms with Gasteiger partial charge in [-0.2, -0.15) is 0 Å². The summed E-state index contributed by atoms with van der Waals surface area (Å²) >= 11 is 0. The Balaban J connectivity index is 2.05. The molecular formula is C15H16FNO. The summed E-state index contributed by atoms with van der Waals surface area (Å²) in [5, 5.41) is 0. The van der Waals surface area contributed by atoms with Crippen LogP contribution in [0.4, 0.5) is 4.39 Å². The fourth-order valence-corrected chi connectivity index (χ4v) is 1.71. The molecule has 0 fully saturated rings. The van der Waals surface area contributed by atoms with Gasteiger partial charge in [-0.05, 0) is 18.6 Å². The van der Waals surface area contributed by atoms with Crippen LogP contribution in [0.1, 0.15) is 24.1 Å². The maximum atomic E-state index is 13.7. The number of hydrogen-bond acceptors (Lipinski definition) is 2. The SMILES string of the molecule is CC(N)c1ccc(OCc2ccccc2)cc1F. The normalized spacial score (nSPS) is 12.2. The van der Waals surface area contributed by atoms with E-state index in [1.165, 1.54) is 6.07 Å². The fraction of sp³-hybridized carbons (Fsp3) is 0.200. The molecule has 2 N–H and O–H groups in total. The van der Waals surface area contributed by atoms with Gasteiger partial charge in [0.05, 0.1) is 0 Å². The molecule has 2 aromatic rings. The second kappa shape index (κ2) is 5.65. The molecule has 2 aromatic carbocycles. The molecule has 3 heteroatoms. The van der Waals surface area contributed by atoms with E-state index in [4.69, 9.17) is 10.5 Å². The van der Waals surface area contributed by atoms with Crippen molar-refractivity contribution in [3.05, 3.63) is 65.5 Å². The average molecular weight is 245 g/mol. The Morgan fingerprint density at radius 2 is 1.89 bits per heavy atom. The summed E-state index contributed by atoms with van der Waals surface area (Å²) in [4.78, 5) is 0. The topological polar surface area (TPSA) is 35.2 Å². The number of rotatable bonds is 4. The van der Waals surface area contributed by atoms with E-state index in [1.54, 1.807) is 19.1 Å². The van der Waals surface area contributed by atoms with Crippen molar-refractivity contribution in [2.75, 3.05) is 0 Å². The molecule has 0 heterocycles. The van der Waals surface area contributed by atoms with Crippen molar-refractivity contribution in [3.8, 4) is 5.75 Å². The number of benzene rings is 2. The van der Waals surface area contributed by atoms with Crippen LogP contribution in [-0.4, -0.2) is 0 Å². The van der Waals surface area contributed by atoms with Crippen molar-refractivity contribution in [3.63, 3.8) is 0 Å². The molecule has 2 rings (SSSR count). The van der Waals surface area contributed by atoms with Gasteiger partial charge in [0.2, 0.25) is 0 Å². The monoisotopic (exact) mass is 245 g/mol. The van der Waals surface area contributed by atoms with Gasteiger partial charge in [-0.15, -0.1) is 0 Å². The number of ether oxygens (including phenoxy) is 1. The van der Waals surface area contributed by atoms with Gasteiger partial charge >= 0.3 is 0 Å².